The maximum absolute atomic E-state index is 12.0. The van der Waals surface area contributed by atoms with E-state index in [1.807, 2.05) is 5.32 Å². The molecule has 7 nitrogen and oxygen atoms in total. The predicted molar refractivity (Wildman–Crippen MR) is 74.6 cm³/mol. The topological polar surface area (TPSA) is 119 Å². The second-order valence-corrected chi connectivity index (χ2v) is 4.89. The molecule has 0 saturated heterocycles. The molecule has 0 heterocycles. The molecule has 7 heteroatoms. The molecule has 0 radical (unpaired) electrons. The molecule has 1 aromatic rings. The van der Waals surface area contributed by atoms with Crippen LogP contribution >= 0.6 is 0 Å². The maximum Gasteiger partial charge on any atom is 0.342 e. The first-order chi connectivity index (χ1) is 9.73. The summed E-state index contributed by atoms with van der Waals surface area (Å²) < 4.78 is 5.08. The van der Waals surface area contributed by atoms with E-state index in [4.69, 9.17) is 10.5 Å². The van der Waals surface area contributed by atoms with Crippen LogP contribution in [0.2, 0.25) is 0 Å². The summed E-state index contributed by atoms with van der Waals surface area (Å²) in [6, 6.07) is 3.57. The Hall–Kier alpha value is -2.57. The number of nitrogens with two attached hydrogens (primary N) is 1. The number of carbonyl (C=O) groups is 3. The summed E-state index contributed by atoms with van der Waals surface area (Å²) in [4.78, 5) is 34.5. The molecule has 0 fully saturated rings. The van der Waals surface area contributed by atoms with Crippen molar-refractivity contribution in [3.8, 4) is 5.75 Å². The fraction of sp³-hybridized carbons (Fsp3) is 0.357. The lowest BCUT2D eigenvalue weighted by Gasteiger charge is -2.20. The normalized spacial score (nSPS) is 11.8. The number of nitrogens with one attached hydrogen (secondary N) is 1. The van der Waals surface area contributed by atoms with E-state index < -0.39 is 24.0 Å². The number of para-hydroxylation sites is 1. The molecule has 1 atom stereocenters. The van der Waals surface area contributed by atoms with E-state index in [0.717, 1.165) is 0 Å². The van der Waals surface area contributed by atoms with Gasteiger partial charge in [-0.1, -0.05) is 26.0 Å². The number of carbonyl (C=O) groups excluding carboxylic acids is 3. The zero-order valence-electron chi connectivity index (χ0n) is 12.0. The fourth-order valence-corrected chi connectivity index (χ4v) is 1.69. The molecule has 1 rings (SSSR count). The van der Waals surface area contributed by atoms with Crippen molar-refractivity contribution in [2.45, 2.75) is 26.9 Å². The molecule has 0 aliphatic heterocycles. The summed E-state index contributed by atoms with van der Waals surface area (Å²) in [5.74, 6) is -2.24. The van der Waals surface area contributed by atoms with E-state index in [-0.39, 0.29) is 17.2 Å². The number of urea groups is 1. The molecular formula is C14H18N2O5. The number of aryl methyl sites for hydroxylation is 1. The largest absolute Gasteiger partial charge is 0.507 e. The highest BCUT2D eigenvalue weighted by atomic mass is 16.5. The molecule has 4 N–H and O–H groups in total. The number of rotatable bonds is 4. The van der Waals surface area contributed by atoms with Gasteiger partial charge in [0.15, 0.2) is 6.10 Å². The number of imide groups is 1. The SMILES string of the molecule is Cc1cccc(C(=O)O[C@H](C(=O)NC(N)=O)C(C)C)c1O. The summed E-state index contributed by atoms with van der Waals surface area (Å²) in [6.07, 6.45) is -1.19. The van der Waals surface area contributed by atoms with Gasteiger partial charge >= 0.3 is 12.0 Å². The lowest BCUT2D eigenvalue weighted by molar-refractivity contribution is -0.130. The smallest absolute Gasteiger partial charge is 0.342 e. The van der Waals surface area contributed by atoms with Gasteiger partial charge in [0.05, 0.1) is 0 Å². The quantitative estimate of drug-likeness (QED) is 0.718. The highest BCUT2D eigenvalue weighted by molar-refractivity contribution is 5.99. The van der Waals surface area contributed by atoms with Gasteiger partial charge in [-0.05, 0) is 24.5 Å². The maximum atomic E-state index is 12.0. The molecule has 0 unspecified atom stereocenters. The Morgan fingerprint density at radius 1 is 1.29 bits per heavy atom. The van der Waals surface area contributed by atoms with Crippen molar-refractivity contribution in [1.82, 2.24) is 5.32 Å². The van der Waals surface area contributed by atoms with Crippen LogP contribution in [0.1, 0.15) is 29.8 Å². The van der Waals surface area contributed by atoms with Crippen molar-refractivity contribution < 1.29 is 24.2 Å². The lowest BCUT2D eigenvalue weighted by atomic mass is 10.1. The summed E-state index contributed by atoms with van der Waals surface area (Å²) in [5, 5.41) is 11.7. The van der Waals surface area contributed by atoms with Gasteiger partial charge in [0.2, 0.25) is 0 Å². The van der Waals surface area contributed by atoms with Gasteiger partial charge in [0.1, 0.15) is 11.3 Å². The molecule has 1 aromatic carbocycles. The van der Waals surface area contributed by atoms with Crippen LogP contribution in [0.5, 0.6) is 5.75 Å². The Morgan fingerprint density at radius 2 is 1.90 bits per heavy atom. The Kier molecular flexibility index (Phi) is 5.29. The van der Waals surface area contributed by atoms with Crippen LogP contribution < -0.4 is 11.1 Å². The van der Waals surface area contributed by atoms with E-state index in [1.165, 1.54) is 6.07 Å². The first-order valence-corrected chi connectivity index (χ1v) is 6.34. The number of phenolic OH excluding ortho intramolecular Hbond substituents is 1. The van der Waals surface area contributed by atoms with E-state index in [1.54, 1.807) is 32.9 Å². The van der Waals surface area contributed by atoms with E-state index in [2.05, 4.69) is 0 Å². The highest BCUT2D eigenvalue weighted by Gasteiger charge is 2.28. The molecule has 0 bridgehead atoms. The summed E-state index contributed by atoms with van der Waals surface area (Å²) >= 11 is 0. The molecule has 0 aromatic heterocycles. The monoisotopic (exact) mass is 294 g/mol. The van der Waals surface area contributed by atoms with Crippen LogP contribution in [-0.4, -0.2) is 29.1 Å². The zero-order valence-corrected chi connectivity index (χ0v) is 12.0. The van der Waals surface area contributed by atoms with Gasteiger partial charge in [0.25, 0.3) is 5.91 Å². The molecule has 0 aliphatic rings. The molecule has 0 aliphatic carbocycles. The molecule has 3 amide bonds. The Bertz CT molecular complexity index is 568. The van der Waals surface area contributed by atoms with Crippen molar-refractivity contribution in [3.05, 3.63) is 29.3 Å². The van der Waals surface area contributed by atoms with Crippen LogP contribution in [-0.2, 0) is 9.53 Å². The minimum Gasteiger partial charge on any atom is -0.507 e. The van der Waals surface area contributed by atoms with Crippen molar-refractivity contribution in [3.63, 3.8) is 0 Å². The van der Waals surface area contributed by atoms with E-state index >= 15 is 0 Å². The van der Waals surface area contributed by atoms with Gasteiger partial charge in [-0.25, -0.2) is 9.59 Å². The van der Waals surface area contributed by atoms with Crippen molar-refractivity contribution in [1.29, 1.82) is 0 Å². The fourth-order valence-electron chi connectivity index (χ4n) is 1.69. The number of ether oxygens (including phenoxy) is 1. The van der Waals surface area contributed by atoms with Crippen LogP contribution in [0.25, 0.3) is 0 Å². The predicted octanol–water partition coefficient (Wildman–Crippen LogP) is 1.08. The minimum absolute atomic E-state index is 0.0486. The van der Waals surface area contributed by atoms with Crippen molar-refractivity contribution >= 4 is 17.9 Å². The average Bonchev–Trinajstić information content (AvgIpc) is 2.37. The van der Waals surface area contributed by atoms with Gasteiger partial charge in [-0.2, -0.15) is 0 Å². The average molecular weight is 294 g/mol. The molecule has 114 valence electrons. The third-order valence-electron chi connectivity index (χ3n) is 2.80. The number of esters is 1. The van der Waals surface area contributed by atoms with Crippen molar-refractivity contribution in [2.75, 3.05) is 0 Å². The number of benzene rings is 1. The van der Waals surface area contributed by atoms with E-state index in [9.17, 15) is 19.5 Å². The van der Waals surface area contributed by atoms with E-state index in [0.29, 0.717) is 5.56 Å². The van der Waals surface area contributed by atoms with Gasteiger partial charge in [0, 0.05) is 0 Å². The zero-order chi connectivity index (χ0) is 16.2. The third-order valence-corrected chi connectivity index (χ3v) is 2.80. The van der Waals surface area contributed by atoms with Crippen LogP contribution in [0.4, 0.5) is 4.79 Å². The number of amides is 3. The Balaban J connectivity index is 2.94. The number of hydrogen-bond donors (Lipinski definition) is 3. The third kappa shape index (κ3) is 4.20. The van der Waals surface area contributed by atoms with Crippen molar-refractivity contribution in [2.24, 2.45) is 11.7 Å². The van der Waals surface area contributed by atoms with Gasteiger partial charge in [-0.3, -0.25) is 10.1 Å². The number of aromatic hydroxyl groups is 1. The van der Waals surface area contributed by atoms with Crippen LogP contribution in [0.15, 0.2) is 18.2 Å². The summed E-state index contributed by atoms with van der Waals surface area (Å²) in [6.45, 7) is 4.93. The number of phenols is 1. The first-order valence-electron chi connectivity index (χ1n) is 6.34. The highest BCUT2D eigenvalue weighted by Crippen LogP contribution is 2.23. The minimum atomic E-state index is -1.19. The first kappa shape index (κ1) is 16.5. The van der Waals surface area contributed by atoms with Crippen LogP contribution in [0.3, 0.4) is 0 Å². The summed E-state index contributed by atoms with van der Waals surface area (Å²) in [7, 11) is 0. The molecular weight excluding hydrogens is 276 g/mol. The molecule has 0 spiro atoms. The molecule has 21 heavy (non-hydrogen) atoms. The van der Waals surface area contributed by atoms with Crippen LogP contribution in [0, 0.1) is 12.8 Å². The summed E-state index contributed by atoms with van der Waals surface area (Å²) in [5.41, 5.74) is 5.32. The van der Waals surface area contributed by atoms with Gasteiger partial charge in [-0.15, -0.1) is 0 Å². The second-order valence-electron chi connectivity index (χ2n) is 4.89. The standard InChI is InChI=1S/C14H18N2O5/c1-7(2)11(12(18)16-14(15)20)21-13(19)9-6-4-5-8(3)10(9)17/h4-7,11,17H,1-3H3,(H3,15,16,18,20)/t11-/m0/s1. The number of hydrogen-bond acceptors (Lipinski definition) is 5. The second kappa shape index (κ2) is 6.74. The molecule has 0 saturated carbocycles. The Labute approximate surface area is 122 Å². The number of primary amides is 1. The van der Waals surface area contributed by atoms with Gasteiger partial charge < -0.3 is 15.6 Å². The Morgan fingerprint density at radius 3 is 2.43 bits per heavy atom. The lowest BCUT2D eigenvalue weighted by Crippen LogP contribution is -2.45.